The summed E-state index contributed by atoms with van der Waals surface area (Å²) >= 11 is 0. The highest BCUT2D eigenvalue weighted by atomic mass is 16.5. The quantitative estimate of drug-likeness (QED) is 0.854. The first-order valence-corrected chi connectivity index (χ1v) is 7.01. The molecule has 0 saturated carbocycles. The highest BCUT2D eigenvalue weighted by Crippen LogP contribution is 2.32. The molecule has 110 valence electrons. The van der Waals surface area contributed by atoms with Gasteiger partial charge in [0, 0.05) is 18.3 Å². The maximum absolute atomic E-state index is 12.6. The van der Waals surface area contributed by atoms with Gasteiger partial charge in [0.15, 0.2) is 0 Å². The summed E-state index contributed by atoms with van der Waals surface area (Å²) in [5.74, 6) is 0.771. The van der Waals surface area contributed by atoms with Crippen LogP contribution in [0, 0.1) is 12.3 Å². The molecule has 1 aliphatic rings. The molecule has 1 amide bonds. The molecule has 1 unspecified atom stereocenters. The van der Waals surface area contributed by atoms with E-state index in [1.165, 1.54) is 0 Å². The Morgan fingerprint density at radius 1 is 1.55 bits per heavy atom. The topological polar surface area (TPSA) is 76.1 Å². The van der Waals surface area contributed by atoms with Crippen molar-refractivity contribution >= 4 is 11.9 Å². The molecule has 1 fully saturated rings. The summed E-state index contributed by atoms with van der Waals surface area (Å²) in [7, 11) is 1.55. The molecule has 2 heterocycles. The van der Waals surface area contributed by atoms with E-state index >= 15 is 0 Å². The summed E-state index contributed by atoms with van der Waals surface area (Å²) < 4.78 is 5.10. The molecule has 1 aromatic rings. The van der Waals surface area contributed by atoms with Crippen LogP contribution in [0.4, 0.5) is 5.95 Å². The number of amides is 1. The van der Waals surface area contributed by atoms with E-state index < -0.39 is 0 Å². The number of aryl methyl sites for hydroxylation is 1. The zero-order chi connectivity index (χ0) is 14.6. The van der Waals surface area contributed by atoms with Crippen LogP contribution >= 0.6 is 0 Å². The fraction of sp³-hybridized carbons (Fsp3) is 0.643. The van der Waals surface area contributed by atoms with Gasteiger partial charge in [-0.05, 0) is 26.3 Å². The van der Waals surface area contributed by atoms with Gasteiger partial charge in [-0.2, -0.15) is 4.98 Å². The first-order chi connectivity index (χ1) is 9.59. The molecule has 2 N–H and O–H groups in total. The van der Waals surface area contributed by atoms with E-state index in [0.29, 0.717) is 11.8 Å². The largest absolute Gasteiger partial charge is 0.481 e. The number of methoxy groups -OCH3 is 1. The van der Waals surface area contributed by atoms with E-state index in [0.717, 1.165) is 38.0 Å². The molecule has 6 heteroatoms. The van der Waals surface area contributed by atoms with Crippen molar-refractivity contribution in [2.45, 2.75) is 33.1 Å². The van der Waals surface area contributed by atoms with Crippen LogP contribution in [0.25, 0.3) is 0 Å². The smallest absolute Gasteiger partial charge is 0.234 e. The number of carbonyl (C=O) groups excluding carboxylic acids is 1. The molecule has 1 aliphatic heterocycles. The van der Waals surface area contributed by atoms with Gasteiger partial charge in [0.05, 0.1) is 12.5 Å². The summed E-state index contributed by atoms with van der Waals surface area (Å²) in [4.78, 5) is 21.0. The lowest BCUT2D eigenvalue weighted by atomic mass is 9.81. The number of rotatable bonds is 5. The highest BCUT2D eigenvalue weighted by Gasteiger charge is 2.40. The van der Waals surface area contributed by atoms with E-state index in [1.54, 1.807) is 13.2 Å². The van der Waals surface area contributed by atoms with Gasteiger partial charge in [-0.15, -0.1) is 0 Å². The fourth-order valence-corrected chi connectivity index (χ4v) is 2.68. The van der Waals surface area contributed by atoms with Gasteiger partial charge >= 0.3 is 0 Å². The van der Waals surface area contributed by atoms with Crippen molar-refractivity contribution in [3.63, 3.8) is 0 Å². The predicted molar refractivity (Wildman–Crippen MR) is 76.8 cm³/mol. The third-order valence-corrected chi connectivity index (χ3v) is 3.72. The summed E-state index contributed by atoms with van der Waals surface area (Å²) in [6.45, 7) is 5.54. The zero-order valence-electron chi connectivity index (χ0n) is 12.3. The normalized spacial score (nSPS) is 21.8. The van der Waals surface area contributed by atoms with Crippen LogP contribution in [-0.4, -0.2) is 36.1 Å². The van der Waals surface area contributed by atoms with Crippen LogP contribution in [0.1, 0.15) is 31.9 Å². The van der Waals surface area contributed by atoms with E-state index in [2.05, 4.69) is 27.5 Å². The van der Waals surface area contributed by atoms with Gasteiger partial charge in [-0.25, -0.2) is 4.98 Å². The standard InChI is InChI=1S/C14H22N4O2/c1-4-5-14(6-7-15-9-14)12(19)18-13-16-10(2)8-11(17-13)20-3/h8,15H,4-7,9H2,1-3H3,(H,16,17,18,19). The van der Waals surface area contributed by atoms with Crippen LogP contribution in [0.5, 0.6) is 5.88 Å². The third-order valence-electron chi connectivity index (χ3n) is 3.72. The average Bonchev–Trinajstić information content (AvgIpc) is 2.88. The van der Waals surface area contributed by atoms with Crippen molar-refractivity contribution in [2.24, 2.45) is 5.41 Å². The maximum atomic E-state index is 12.6. The molecule has 0 aromatic carbocycles. The number of hydrogen-bond acceptors (Lipinski definition) is 5. The Morgan fingerprint density at radius 3 is 2.95 bits per heavy atom. The van der Waals surface area contributed by atoms with Crippen LogP contribution in [0.2, 0.25) is 0 Å². The Morgan fingerprint density at radius 2 is 2.35 bits per heavy atom. The number of ether oxygens (including phenoxy) is 1. The van der Waals surface area contributed by atoms with Crippen molar-refractivity contribution in [1.82, 2.24) is 15.3 Å². The second-order valence-corrected chi connectivity index (χ2v) is 5.29. The van der Waals surface area contributed by atoms with Gasteiger partial charge in [0.25, 0.3) is 0 Å². The maximum Gasteiger partial charge on any atom is 0.234 e. The molecule has 1 atom stereocenters. The summed E-state index contributed by atoms with van der Waals surface area (Å²) in [5.41, 5.74) is 0.427. The number of aromatic nitrogens is 2. The van der Waals surface area contributed by atoms with Crippen LogP contribution in [0.3, 0.4) is 0 Å². The molecule has 1 saturated heterocycles. The van der Waals surface area contributed by atoms with Gasteiger partial charge in [0.1, 0.15) is 0 Å². The minimum atomic E-state index is -0.338. The van der Waals surface area contributed by atoms with Crippen molar-refractivity contribution in [3.05, 3.63) is 11.8 Å². The Bertz CT molecular complexity index is 484. The zero-order valence-corrected chi connectivity index (χ0v) is 12.3. The van der Waals surface area contributed by atoms with Crippen molar-refractivity contribution in [3.8, 4) is 5.88 Å². The minimum absolute atomic E-state index is 0.00277. The lowest BCUT2D eigenvalue weighted by Crippen LogP contribution is -2.38. The number of nitrogens with one attached hydrogen (secondary N) is 2. The lowest BCUT2D eigenvalue weighted by molar-refractivity contribution is -0.125. The molecular formula is C14H22N4O2. The lowest BCUT2D eigenvalue weighted by Gasteiger charge is -2.25. The first-order valence-electron chi connectivity index (χ1n) is 7.01. The van der Waals surface area contributed by atoms with Gasteiger partial charge in [-0.1, -0.05) is 13.3 Å². The SMILES string of the molecule is CCCC1(C(=O)Nc2nc(C)cc(OC)n2)CCNC1. The molecule has 0 bridgehead atoms. The number of anilines is 1. The monoisotopic (exact) mass is 278 g/mol. The predicted octanol–water partition coefficient (Wildman–Crippen LogP) is 1.51. The molecule has 2 rings (SSSR count). The number of nitrogens with zero attached hydrogens (tertiary/aromatic N) is 2. The molecule has 0 spiro atoms. The molecule has 6 nitrogen and oxygen atoms in total. The van der Waals surface area contributed by atoms with Crippen molar-refractivity contribution in [2.75, 3.05) is 25.5 Å². The third kappa shape index (κ3) is 3.07. The van der Waals surface area contributed by atoms with E-state index in [9.17, 15) is 4.79 Å². The van der Waals surface area contributed by atoms with Crippen LogP contribution in [-0.2, 0) is 4.79 Å². The van der Waals surface area contributed by atoms with Crippen LogP contribution in [0.15, 0.2) is 6.07 Å². The summed E-state index contributed by atoms with van der Waals surface area (Å²) in [6.07, 6.45) is 2.71. The second-order valence-electron chi connectivity index (χ2n) is 5.29. The Kier molecular flexibility index (Phi) is 4.54. The number of carbonyl (C=O) groups is 1. The van der Waals surface area contributed by atoms with Crippen LogP contribution < -0.4 is 15.4 Å². The fourth-order valence-electron chi connectivity index (χ4n) is 2.68. The molecular weight excluding hydrogens is 256 g/mol. The molecule has 20 heavy (non-hydrogen) atoms. The Hall–Kier alpha value is -1.69. The Labute approximate surface area is 119 Å². The highest BCUT2D eigenvalue weighted by molar-refractivity contribution is 5.94. The summed E-state index contributed by atoms with van der Waals surface area (Å²) in [5, 5.41) is 6.12. The minimum Gasteiger partial charge on any atom is -0.481 e. The van der Waals surface area contributed by atoms with Gasteiger partial charge in [-0.3, -0.25) is 10.1 Å². The Balaban J connectivity index is 2.16. The average molecular weight is 278 g/mol. The van der Waals surface area contributed by atoms with Gasteiger partial charge in [0.2, 0.25) is 17.7 Å². The molecule has 1 aromatic heterocycles. The van der Waals surface area contributed by atoms with E-state index in [-0.39, 0.29) is 11.3 Å². The molecule has 0 radical (unpaired) electrons. The van der Waals surface area contributed by atoms with E-state index in [1.807, 2.05) is 6.92 Å². The first kappa shape index (κ1) is 14.7. The van der Waals surface area contributed by atoms with Crippen molar-refractivity contribution < 1.29 is 9.53 Å². The summed E-state index contributed by atoms with van der Waals surface area (Å²) in [6, 6.07) is 1.73. The number of hydrogen-bond donors (Lipinski definition) is 2. The molecule has 0 aliphatic carbocycles. The van der Waals surface area contributed by atoms with Gasteiger partial charge < -0.3 is 10.1 Å². The van der Waals surface area contributed by atoms with E-state index in [4.69, 9.17) is 4.74 Å². The van der Waals surface area contributed by atoms with Crippen molar-refractivity contribution in [1.29, 1.82) is 0 Å². The second kappa shape index (κ2) is 6.17.